The van der Waals surface area contributed by atoms with E-state index >= 15 is 0 Å². The lowest BCUT2D eigenvalue weighted by Crippen LogP contribution is -2.48. The quantitative estimate of drug-likeness (QED) is 0.549. The normalized spacial score (nSPS) is 19.2. The summed E-state index contributed by atoms with van der Waals surface area (Å²) in [6.45, 7) is 3.68. The predicted molar refractivity (Wildman–Crippen MR) is 106 cm³/mol. The van der Waals surface area contributed by atoms with Gasteiger partial charge in [0.05, 0.1) is 6.42 Å². The van der Waals surface area contributed by atoms with Gasteiger partial charge in [-0.1, -0.05) is 37.5 Å². The summed E-state index contributed by atoms with van der Waals surface area (Å²) in [5, 5.41) is 5.05. The van der Waals surface area contributed by atoms with Crippen molar-refractivity contribution < 1.29 is 19.1 Å². The minimum Gasteiger partial charge on any atom is -0.456 e. The van der Waals surface area contributed by atoms with Gasteiger partial charge in [-0.25, -0.2) is 4.79 Å². The molecule has 7 heteroatoms. The number of rotatable bonds is 7. The zero-order valence-electron chi connectivity index (χ0n) is 16.0. The van der Waals surface area contributed by atoms with Gasteiger partial charge >= 0.3 is 12.0 Å². The van der Waals surface area contributed by atoms with Crippen LogP contribution in [0.3, 0.4) is 0 Å². The van der Waals surface area contributed by atoms with Gasteiger partial charge in [-0.2, -0.15) is 0 Å². The third kappa shape index (κ3) is 8.03. The maximum atomic E-state index is 11.9. The molecule has 6 nitrogen and oxygen atoms in total. The molecule has 2 rings (SSSR count). The van der Waals surface area contributed by atoms with Gasteiger partial charge in [-0.3, -0.25) is 14.9 Å². The summed E-state index contributed by atoms with van der Waals surface area (Å²) in [6, 6.07) is 7.61. The molecule has 148 valence electrons. The molecule has 1 aromatic carbocycles. The number of carbonyl (C=O) groups is 3. The first-order chi connectivity index (χ1) is 12.9. The monoisotopic (exact) mass is 392 g/mol. The van der Waals surface area contributed by atoms with Crippen LogP contribution in [-0.4, -0.2) is 36.3 Å². The standard InChI is InChI=1S/C20H28N2O4S/c1-14-7-9-16(10-8-14)27-12-11-19(24)26-13-18(23)22-20(25)21-17-6-4-3-5-15(17)2/h7-10,15,17H,3-6,11-13H2,1-2H3,(H2,21,22,23,25)/t15-,17-/m1/s1. The van der Waals surface area contributed by atoms with Gasteiger partial charge in [-0.05, 0) is 37.8 Å². The Morgan fingerprint density at radius 3 is 2.56 bits per heavy atom. The second-order valence-electron chi connectivity index (χ2n) is 6.96. The molecular formula is C20H28N2O4S. The first-order valence-corrected chi connectivity index (χ1v) is 10.4. The molecule has 1 aromatic rings. The van der Waals surface area contributed by atoms with E-state index in [1.54, 1.807) is 11.8 Å². The molecule has 0 bridgehead atoms. The molecule has 3 amide bonds. The summed E-state index contributed by atoms with van der Waals surface area (Å²) in [4.78, 5) is 36.4. The minimum absolute atomic E-state index is 0.0906. The number of nitrogens with one attached hydrogen (secondary N) is 2. The second kappa shape index (κ2) is 11.0. The van der Waals surface area contributed by atoms with Crippen molar-refractivity contribution in [2.45, 2.75) is 56.9 Å². The first-order valence-electron chi connectivity index (χ1n) is 9.39. The lowest BCUT2D eigenvalue weighted by molar-refractivity contribution is -0.147. The number of benzene rings is 1. The Hall–Kier alpha value is -2.02. The van der Waals surface area contributed by atoms with Crippen LogP contribution in [0, 0.1) is 12.8 Å². The summed E-state index contributed by atoms with van der Waals surface area (Å²) < 4.78 is 4.93. The summed E-state index contributed by atoms with van der Waals surface area (Å²) in [7, 11) is 0. The highest BCUT2D eigenvalue weighted by molar-refractivity contribution is 7.99. The molecule has 27 heavy (non-hydrogen) atoms. The molecule has 1 aliphatic rings. The third-order valence-corrected chi connectivity index (χ3v) is 5.65. The van der Waals surface area contributed by atoms with E-state index in [0.29, 0.717) is 11.7 Å². The van der Waals surface area contributed by atoms with Crippen molar-refractivity contribution in [3.8, 4) is 0 Å². The SMILES string of the molecule is Cc1ccc(SCCC(=O)OCC(=O)NC(=O)N[C@@H]2CCCC[C@H]2C)cc1. The van der Waals surface area contributed by atoms with E-state index in [1.807, 2.05) is 31.2 Å². The van der Waals surface area contributed by atoms with Crippen molar-refractivity contribution in [2.75, 3.05) is 12.4 Å². The van der Waals surface area contributed by atoms with Crippen molar-refractivity contribution in [3.05, 3.63) is 29.8 Å². The molecule has 0 saturated heterocycles. The van der Waals surface area contributed by atoms with Crippen molar-refractivity contribution in [2.24, 2.45) is 5.92 Å². The van der Waals surface area contributed by atoms with Gasteiger partial charge in [0.2, 0.25) is 0 Å². The van der Waals surface area contributed by atoms with E-state index < -0.39 is 24.5 Å². The maximum absolute atomic E-state index is 11.9. The number of aryl methyl sites for hydroxylation is 1. The van der Waals surface area contributed by atoms with Crippen LogP contribution in [0.15, 0.2) is 29.2 Å². The van der Waals surface area contributed by atoms with Crippen LogP contribution >= 0.6 is 11.8 Å². The van der Waals surface area contributed by atoms with Crippen LogP contribution in [0.2, 0.25) is 0 Å². The maximum Gasteiger partial charge on any atom is 0.321 e. The van der Waals surface area contributed by atoms with Crippen molar-refractivity contribution in [1.82, 2.24) is 10.6 Å². The molecule has 0 spiro atoms. The van der Waals surface area contributed by atoms with E-state index in [2.05, 4.69) is 17.6 Å². The lowest BCUT2D eigenvalue weighted by atomic mass is 9.86. The number of hydrogen-bond donors (Lipinski definition) is 2. The average Bonchev–Trinajstić information content (AvgIpc) is 2.63. The highest BCUT2D eigenvalue weighted by Gasteiger charge is 2.23. The van der Waals surface area contributed by atoms with Crippen LogP contribution in [0.5, 0.6) is 0 Å². The van der Waals surface area contributed by atoms with E-state index in [4.69, 9.17) is 4.74 Å². The smallest absolute Gasteiger partial charge is 0.321 e. The molecule has 1 fully saturated rings. The van der Waals surface area contributed by atoms with Crippen molar-refractivity contribution in [1.29, 1.82) is 0 Å². The Labute approximate surface area is 164 Å². The van der Waals surface area contributed by atoms with Gasteiger partial charge in [0.15, 0.2) is 6.61 Å². The predicted octanol–water partition coefficient (Wildman–Crippen LogP) is 3.42. The zero-order valence-corrected chi connectivity index (χ0v) is 16.8. The second-order valence-corrected chi connectivity index (χ2v) is 8.13. The highest BCUT2D eigenvalue weighted by Crippen LogP contribution is 2.23. The molecular weight excluding hydrogens is 364 g/mol. The van der Waals surface area contributed by atoms with Crippen molar-refractivity contribution in [3.63, 3.8) is 0 Å². The number of esters is 1. The number of hydrogen-bond acceptors (Lipinski definition) is 5. The van der Waals surface area contributed by atoms with Gasteiger partial charge in [-0.15, -0.1) is 11.8 Å². The summed E-state index contributed by atoms with van der Waals surface area (Å²) in [5.41, 5.74) is 1.19. The van der Waals surface area contributed by atoms with Crippen LogP contribution in [0.1, 0.15) is 44.6 Å². The number of imide groups is 1. The van der Waals surface area contributed by atoms with Gasteiger partial charge < -0.3 is 10.1 Å². The first kappa shape index (κ1) is 21.3. The molecule has 0 heterocycles. The topological polar surface area (TPSA) is 84.5 Å². The zero-order chi connectivity index (χ0) is 19.6. The average molecular weight is 393 g/mol. The molecule has 1 saturated carbocycles. The number of thioether (sulfide) groups is 1. The lowest BCUT2D eigenvalue weighted by Gasteiger charge is -2.29. The summed E-state index contributed by atoms with van der Waals surface area (Å²) in [5.74, 6) is -0.0890. The Morgan fingerprint density at radius 2 is 1.85 bits per heavy atom. The number of urea groups is 1. The molecule has 0 aromatic heterocycles. The number of carbonyl (C=O) groups excluding carboxylic acids is 3. The fourth-order valence-electron chi connectivity index (χ4n) is 3.00. The van der Waals surface area contributed by atoms with E-state index in [0.717, 1.165) is 24.2 Å². The molecule has 0 unspecified atom stereocenters. The third-order valence-electron chi connectivity index (χ3n) is 4.64. The molecule has 2 N–H and O–H groups in total. The van der Waals surface area contributed by atoms with Gasteiger partial charge in [0.25, 0.3) is 5.91 Å². The Balaban J connectivity index is 1.59. The van der Waals surface area contributed by atoms with Crippen LogP contribution in [0.4, 0.5) is 4.79 Å². The van der Waals surface area contributed by atoms with Crippen LogP contribution < -0.4 is 10.6 Å². The number of ether oxygens (including phenoxy) is 1. The Bertz CT molecular complexity index is 648. The Morgan fingerprint density at radius 1 is 1.15 bits per heavy atom. The van der Waals surface area contributed by atoms with Crippen LogP contribution in [0.25, 0.3) is 0 Å². The fraction of sp³-hybridized carbons (Fsp3) is 0.550. The fourth-order valence-corrected chi connectivity index (χ4v) is 3.84. The molecule has 0 radical (unpaired) electrons. The van der Waals surface area contributed by atoms with Gasteiger partial charge in [0, 0.05) is 16.7 Å². The minimum atomic E-state index is -0.615. The molecule has 2 atom stereocenters. The van der Waals surface area contributed by atoms with Crippen LogP contribution in [-0.2, 0) is 14.3 Å². The Kier molecular flexibility index (Phi) is 8.64. The van der Waals surface area contributed by atoms with E-state index in [-0.39, 0.29) is 12.5 Å². The summed E-state index contributed by atoms with van der Waals surface area (Å²) >= 11 is 1.56. The molecule has 1 aliphatic carbocycles. The van der Waals surface area contributed by atoms with Gasteiger partial charge in [0.1, 0.15) is 0 Å². The summed E-state index contributed by atoms with van der Waals surface area (Å²) in [6.07, 6.45) is 4.48. The molecule has 0 aliphatic heterocycles. The largest absolute Gasteiger partial charge is 0.456 e. The van der Waals surface area contributed by atoms with E-state index in [1.165, 1.54) is 12.0 Å². The van der Waals surface area contributed by atoms with E-state index in [9.17, 15) is 14.4 Å². The number of amides is 3. The van der Waals surface area contributed by atoms with Crippen molar-refractivity contribution >= 4 is 29.7 Å². The highest BCUT2D eigenvalue weighted by atomic mass is 32.2.